The number of anilines is 1. The zero-order valence-electron chi connectivity index (χ0n) is 12.4. The number of nitrogens with zero attached hydrogens (tertiary/aromatic N) is 5. The molecule has 1 aliphatic rings. The molecule has 118 valence electrons. The second-order valence-electron chi connectivity index (χ2n) is 5.30. The van der Waals surface area contributed by atoms with Gasteiger partial charge in [-0.1, -0.05) is 22.8 Å². The molecule has 9 heteroatoms. The minimum atomic E-state index is -3.75. The summed E-state index contributed by atoms with van der Waals surface area (Å²) in [5.74, 6) is 0.487. The van der Waals surface area contributed by atoms with Crippen molar-refractivity contribution in [1.82, 2.24) is 20.2 Å². The molecule has 3 rings (SSSR count). The van der Waals surface area contributed by atoms with Crippen molar-refractivity contribution < 1.29 is 12.6 Å². The van der Waals surface area contributed by atoms with Crippen molar-refractivity contribution in [3.63, 3.8) is 0 Å². The summed E-state index contributed by atoms with van der Waals surface area (Å²) in [6.07, 6.45) is 0.193. The minimum absolute atomic E-state index is 0.175. The fourth-order valence-corrected chi connectivity index (χ4v) is 3.42. The van der Waals surface area contributed by atoms with Crippen molar-refractivity contribution in [3.8, 4) is 0 Å². The van der Waals surface area contributed by atoms with Gasteiger partial charge in [0.05, 0.1) is 18.0 Å². The fourth-order valence-electron chi connectivity index (χ4n) is 2.33. The van der Waals surface area contributed by atoms with E-state index in [2.05, 4.69) is 15.4 Å². The quantitative estimate of drug-likeness (QED) is 0.757. The van der Waals surface area contributed by atoms with Crippen LogP contribution in [-0.4, -0.2) is 47.8 Å². The van der Waals surface area contributed by atoms with E-state index >= 15 is 0 Å². The smallest absolute Gasteiger partial charge is 0.297 e. The average molecular weight is 323 g/mol. The van der Waals surface area contributed by atoms with Gasteiger partial charge in [-0.15, -0.1) is 5.10 Å². The van der Waals surface area contributed by atoms with Gasteiger partial charge in [-0.25, -0.2) is 0 Å². The average Bonchev–Trinajstić information content (AvgIpc) is 3.08. The molecule has 0 amide bonds. The van der Waals surface area contributed by atoms with Gasteiger partial charge in [0.2, 0.25) is 0 Å². The highest BCUT2D eigenvalue weighted by Gasteiger charge is 2.30. The molecule has 0 saturated carbocycles. The van der Waals surface area contributed by atoms with Crippen molar-refractivity contribution >= 4 is 16.1 Å². The summed E-state index contributed by atoms with van der Waals surface area (Å²) in [6.45, 7) is 2.97. The standard InChI is InChI=1S/C13H17N5O3S/c1-10-3-5-12(6-4-10)22(19,20)21-11-7-8-18(9-11)13-14-16-17(2)15-13/h3-6,11H,7-9H2,1-2H3/t11-/m1/s1. The summed E-state index contributed by atoms with van der Waals surface area (Å²) in [5, 5.41) is 11.8. The van der Waals surface area contributed by atoms with E-state index in [9.17, 15) is 8.42 Å². The molecular weight excluding hydrogens is 306 g/mol. The van der Waals surface area contributed by atoms with Crippen LogP contribution in [0.2, 0.25) is 0 Å². The monoisotopic (exact) mass is 323 g/mol. The van der Waals surface area contributed by atoms with Gasteiger partial charge in [-0.3, -0.25) is 4.18 Å². The van der Waals surface area contributed by atoms with E-state index in [1.165, 1.54) is 4.80 Å². The number of aromatic nitrogens is 4. The summed E-state index contributed by atoms with van der Waals surface area (Å²) >= 11 is 0. The lowest BCUT2D eigenvalue weighted by molar-refractivity contribution is 0.232. The fraction of sp³-hybridized carbons (Fsp3) is 0.462. The third-order valence-electron chi connectivity index (χ3n) is 3.50. The zero-order chi connectivity index (χ0) is 15.7. The first kappa shape index (κ1) is 14.9. The van der Waals surface area contributed by atoms with Gasteiger partial charge in [0.1, 0.15) is 0 Å². The highest BCUT2D eigenvalue weighted by atomic mass is 32.2. The summed E-state index contributed by atoms with van der Waals surface area (Å²) in [7, 11) is -2.07. The lowest BCUT2D eigenvalue weighted by atomic mass is 10.2. The highest BCUT2D eigenvalue weighted by molar-refractivity contribution is 7.86. The third kappa shape index (κ3) is 3.09. The maximum Gasteiger partial charge on any atom is 0.297 e. The minimum Gasteiger partial charge on any atom is -0.335 e. The molecule has 0 spiro atoms. The Kier molecular flexibility index (Phi) is 3.83. The first-order valence-electron chi connectivity index (χ1n) is 6.93. The predicted molar refractivity (Wildman–Crippen MR) is 78.9 cm³/mol. The van der Waals surface area contributed by atoms with E-state index in [0.717, 1.165) is 5.56 Å². The number of tetrazole rings is 1. The normalized spacial score (nSPS) is 18.8. The van der Waals surface area contributed by atoms with Crippen LogP contribution in [0.25, 0.3) is 0 Å². The van der Waals surface area contributed by atoms with Crippen molar-refractivity contribution in [1.29, 1.82) is 0 Å². The first-order chi connectivity index (χ1) is 10.4. The molecule has 22 heavy (non-hydrogen) atoms. The number of hydrogen-bond acceptors (Lipinski definition) is 7. The molecule has 0 bridgehead atoms. The second kappa shape index (κ2) is 5.65. The van der Waals surface area contributed by atoms with E-state index in [0.29, 0.717) is 25.5 Å². The van der Waals surface area contributed by atoms with Gasteiger partial charge in [0.25, 0.3) is 16.1 Å². The van der Waals surface area contributed by atoms with Crippen LogP contribution in [0.5, 0.6) is 0 Å². The summed E-state index contributed by atoms with van der Waals surface area (Å²) < 4.78 is 29.8. The Labute approximate surface area is 128 Å². The number of hydrogen-bond donors (Lipinski definition) is 0. The lowest BCUT2D eigenvalue weighted by Gasteiger charge is -2.14. The molecule has 1 fully saturated rings. The molecule has 0 unspecified atom stereocenters. The van der Waals surface area contributed by atoms with E-state index in [-0.39, 0.29) is 4.90 Å². The van der Waals surface area contributed by atoms with Crippen LogP contribution in [-0.2, 0) is 21.3 Å². The van der Waals surface area contributed by atoms with Gasteiger partial charge in [0.15, 0.2) is 0 Å². The molecule has 0 N–H and O–H groups in total. The maximum absolute atomic E-state index is 12.3. The molecule has 1 atom stereocenters. The van der Waals surface area contributed by atoms with Crippen LogP contribution in [0.15, 0.2) is 29.2 Å². The van der Waals surface area contributed by atoms with Gasteiger partial charge in [0, 0.05) is 13.1 Å². The van der Waals surface area contributed by atoms with Crippen LogP contribution in [0.1, 0.15) is 12.0 Å². The van der Waals surface area contributed by atoms with Crippen LogP contribution in [0.4, 0.5) is 5.95 Å². The maximum atomic E-state index is 12.3. The van der Waals surface area contributed by atoms with Gasteiger partial charge in [-0.05, 0) is 30.7 Å². The Balaban J connectivity index is 1.67. The van der Waals surface area contributed by atoms with Crippen molar-refractivity contribution in [2.75, 3.05) is 18.0 Å². The van der Waals surface area contributed by atoms with Crippen molar-refractivity contribution in [3.05, 3.63) is 29.8 Å². The van der Waals surface area contributed by atoms with Gasteiger partial charge < -0.3 is 4.90 Å². The van der Waals surface area contributed by atoms with E-state index < -0.39 is 16.2 Å². The number of aryl methyl sites for hydroxylation is 2. The molecule has 8 nitrogen and oxygen atoms in total. The number of benzene rings is 1. The Bertz CT molecular complexity index is 756. The molecule has 2 heterocycles. The molecule has 1 aromatic heterocycles. The molecule has 0 aliphatic carbocycles. The zero-order valence-corrected chi connectivity index (χ0v) is 13.2. The topological polar surface area (TPSA) is 90.2 Å². The van der Waals surface area contributed by atoms with Crippen LogP contribution in [0.3, 0.4) is 0 Å². The third-order valence-corrected chi connectivity index (χ3v) is 4.87. The molecule has 0 radical (unpaired) electrons. The van der Waals surface area contributed by atoms with E-state index in [1.807, 2.05) is 11.8 Å². The van der Waals surface area contributed by atoms with Crippen LogP contribution < -0.4 is 4.90 Å². The molecule has 1 saturated heterocycles. The Morgan fingerprint density at radius 3 is 2.64 bits per heavy atom. The molecule has 1 aromatic carbocycles. The predicted octanol–water partition coefficient (Wildman–Crippen LogP) is 0.503. The Hall–Kier alpha value is -2.00. The summed E-state index contributed by atoms with van der Waals surface area (Å²) in [6, 6.07) is 6.62. The Morgan fingerprint density at radius 2 is 2.00 bits per heavy atom. The highest BCUT2D eigenvalue weighted by Crippen LogP contribution is 2.22. The molecule has 1 aliphatic heterocycles. The van der Waals surface area contributed by atoms with E-state index in [1.54, 1.807) is 31.3 Å². The second-order valence-corrected chi connectivity index (χ2v) is 6.87. The SMILES string of the molecule is Cc1ccc(S(=O)(=O)O[C@@H]2CCN(c3nnn(C)n3)C2)cc1. The number of rotatable bonds is 4. The molecular formula is C13H17N5O3S. The lowest BCUT2D eigenvalue weighted by Crippen LogP contribution is -2.25. The summed E-state index contributed by atoms with van der Waals surface area (Å²) in [4.78, 5) is 3.41. The largest absolute Gasteiger partial charge is 0.335 e. The van der Waals surface area contributed by atoms with E-state index in [4.69, 9.17) is 4.18 Å². The van der Waals surface area contributed by atoms with Crippen molar-refractivity contribution in [2.45, 2.75) is 24.3 Å². The first-order valence-corrected chi connectivity index (χ1v) is 8.34. The molecule has 2 aromatic rings. The van der Waals surface area contributed by atoms with Crippen LogP contribution >= 0.6 is 0 Å². The Morgan fingerprint density at radius 1 is 1.27 bits per heavy atom. The summed E-state index contributed by atoms with van der Waals surface area (Å²) in [5.41, 5.74) is 1.000. The van der Waals surface area contributed by atoms with Crippen molar-refractivity contribution in [2.24, 2.45) is 7.05 Å². The van der Waals surface area contributed by atoms with Gasteiger partial charge >= 0.3 is 0 Å². The van der Waals surface area contributed by atoms with Gasteiger partial charge in [-0.2, -0.15) is 13.2 Å². The van der Waals surface area contributed by atoms with Crippen LogP contribution in [0, 0.1) is 6.92 Å².